The summed E-state index contributed by atoms with van der Waals surface area (Å²) in [6, 6.07) is 7.86. The van der Waals surface area contributed by atoms with Crippen molar-refractivity contribution >= 4 is 17.5 Å². The first kappa shape index (κ1) is 23.8. The van der Waals surface area contributed by atoms with Gasteiger partial charge >= 0.3 is 0 Å². The van der Waals surface area contributed by atoms with Crippen molar-refractivity contribution in [3.63, 3.8) is 0 Å². The molecule has 0 unspecified atom stereocenters. The number of hydrogen-bond acceptors (Lipinski definition) is 5. The third-order valence-corrected chi connectivity index (χ3v) is 6.30. The van der Waals surface area contributed by atoms with Gasteiger partial charge in [-0.2, -0.15) is 5.10 Å². The Hall–Kier alpha value is -3.33. The van der Waals surface area contributed by atoms with Gasteiger partial charge in [0.2, 0.25) is 0 Å². The van der Waals surface area contributed by atoms with Gasteiger partial charge in [0.25, 0.3) is 11.8 Å². The van der Waals surface area contributed by atoms with Crippen LogP contribution in [-0.2, 0) is 4.79 Å². The molecule has 180 valence electrons. The van der Waals surface area contributed by atoms with Crippen LogP contribution in [0.2, 0.25) is 0 Å². The first-order valence-corrected chi connectivity index (χ1v) is 11.6. The van der Waals surface area contributed by atoms with Gasteiger partial charge in [0.15, 0.2) is 5.65 Å². The summed E-state index contributed by atoms with van der Waals surface area (Å²) in [6.07, 6.45) is 0.968. The minimum Gasteiger partial charge on any atom is -0.383 e. The number of carbonyl (C=O) groups is 2. The van der Waals surface area contributed by atoms with Crippen LogP contribution < -0.4 is 0 Å². The highest BCUT2D eigenvalue weighted by Gasteiger charge is 2.33. The predicted octanol–water partition coefficient (Wildman–Crippen LogP) is 3.10. The molecule has 3 heterocycles. The number of aliphatic hydroxyl groups excluding tert-OH is 1. The van der Waals surface area contributed by atoms with E-state index in [0.29, 0.717) is 37.4 Å². The number of carbonyl (C=O) groups excluding carboxylic acids is 2. The summed E-state index contributed by atoms with van der Waals surface area (Å²) < 4.78 is 15.0. The lowest BCUT2D eigenvalue weighted by Crippen LogP contribution is -2.57. The number of benzene rings is 1. The van der Waals surface area contributed by atoms with E-state index in [1.807, 2.05) is 26.8 Å². The van der Waals surface area contributed by atoms with E-state index >= 15 is 0 Å². The monoisotopic (exact) mass is 467 g/mol. The van der Waals surface area contributed by atoms with Crippen molar-refractivity contribution in [3.05, 3.63) is 53.6 Å². The lowest BCUT2D eigenvalue weighted by molar-refractivity contribution is -0.144. The molecule has 34 heavy (non-hydrogen) atoms. The molecule has 9 heteroatoms. The standard InChI is InChI=1S/C25H30FN5O3/c1-5-22(32)25(34)30-11-10-29(13-16(30)4)24(33)21-14-31-23(27-21)19(15(2)3)12-20(28-31)17-6-8-18(26)9-7-17/h6-9,12,14-16,22,32H,5,10-11,13H2,1-4H3/t16-,22+/m0/s1. The minimum atomic E-state index is -1.01. The lowest BCUT2D eigenvalue weighted by Gasteiger charge is -2.40. The van der Waals surface area contributed by atoms with Crippen molar-refractivity contribution in [2.75, 3.05) is 19.6 Å². The normalized spacial score (nSPS) is 17.4. The van der Waals surface area contributed by atoms with Gasteiger partial charge in [0.05, 0.1) is 11.9 Å². The van der Waals surface area contributed by atoms with E-state index in [1.165, 1.54) is 12.1 Å². The summed E-state index contributed by atoms with van der Waals surface area (Å²) in [5, 5.41) is 14.5. The number of piperazine rings is 1. The smallest absolute Gasteiger partial charge is 0.274 e. The Morgan fingerprint density at radius 2 is 1.91 bits per heavy atom. The molecular weight excluding hydrogens is 437 g/mol. The maximum atomic E-state index is 13.4. The fourth-order valence-corrected chi connectivity index (χ4v) is 4.29. The van der Waals surface area contributed by atoms with Gasteiger partial charge in [0, 0.05) is 36.8 Å². The Balaban J connectivity index is 1.61. The molecule has 1 aliphatic heterocycles. The average Bonchev–Trinajstić information content (AvgIpc) is 3.26. The van der Waals surface area contributed by atoms with E-state index < -0.39 is 6.10 Å². The largest absolute Gasteiger partial charge is 0.383 e. The van der Waals surface area contributed by atoms with Crippen molar-refractivity contribution in [3.8, 4) is 11.3 Å². The van der Waals surface area contributed by atoms with Crippen LogP contribution in [0, 0.1) is 5.82 Å². The molecule has 1 aliphatic rings. The molecule has 0 bridgehead atoms. The summed E-state index contributed by atoms with van der Waals surface area (Å²) >= 11 is 0. The van der Waals surface area contributed by atoms with Crippen molar-refractivity contribution in [1.29, 1.82) is 0 Å². The van der Waals surface area contributed by atoms with E-state index in [2.05, 4.69) is 10.1 Å². The van der Waals surface area contributed by atoms with E-state index in [-0.39, 0.29) is 35.3 Å². The number of rotatable bonds is 5. The highest BCUT2D eigenvalue weighted by molar-refractivity contribution is 5.93. The number of amides is 2. The third-order valence-electron chi connectivity index (χ3n) is 6.30. The van der Waals surface area contributed by atoms with E-state index in [1.54, 1.807) is 39.6 Å². The van der Waals surface area contributed by atoms with E-state index in [4.69, 9.17) is 0 Å². The molecule has 2 atom stereocenters. The van der Waals surface area contributed by atoms with Gasteiger partial charge in [-0.05, 0) is 49.6 Å². The number of nitrogens with zero attached hydrogens (tertiary/aromatic N) is 5. The van der Waals surface area contributed by atoms with Crippen LogP contribution in [0.3, 0.4) is 0 Å². The molecule has 1 saturated heterocycles. The summed E-state index contributed by atoms with van der Waals surface area (Å²) in [4.78, 5) is 33.6. The summed E-state index contributed by atoms with van der Waals surface area (Å²) in [5.41, 5.74) is 3.27. The van der Waals surface area contributed by atoms with Crippen LogP contribution in [0.1, 0.15) is 56.1 Å². The zero-order valence-corrected chi connectivity index (χ0v) is 19.9. The van der Waals surface area contributed by atoms with Crippen LogP contribution in [-0.4, -0.2) is 73.1 Å². The van der Waals surface area contributed by atoms with Gasteiger partial charge in [0.1, 0.15) is 17.6 Å². The number of aliphatic hydroxyl groups is 1. The zero-order valence-electron chi connectivity index (χ0n) is 19.9. The first-order valence-electron chi connectivity index (χ1n) is 11.6. The van der Waals surface area contributed by atoms with Crippen LogP contribution in [0.15, 0.2) is 36.5 Å². The Bertz CT molecular complexity index is 1210. The molecule has 8 nitrogen and oxygen atoms in total. The van der Waals surface area contributed by atoms with Crippen LogP contribution in [0.4, 0.5) is 4.39 Å². The van der Waals surface area contributed by atoms with Crippen molar-refractivity contribution < 1.29 is 19.1 Å². The highest BCUT2D eigenvalue weighted by Crippen LogP contribution is 2.26. The molecule has 3 aromatic rings. The third kappa shape index (κ3) is 4.52. The van der Waals surface area contributed by atoms with E-state index in [9.17, 15) is 19.1 Å². The molecule has 1 N–H and O–H groups in total. The Morgan fingerprint density at radius 3 is 2.53 bits per heavy atom. The predicted molar refractivity (Wildman–Crippen MR) is 126 cm³/mol. The Kier molecular flexibility index (Phi) is 6.65. The molecule has 2 amide bonds. The molecule has 4 rings (SSSR count). The number of fused-ring (bicyclic) bond motifs is 1. The summed E-state index contributed by atoms with van der Waals surface area (Å²) in [6.45, 7) is 8.81. The van der Waals surface area contributed by atoms with Gasteiger partial charge in [-0.25, -0.2) is 13.9 Å². The number of aromatic nitrogens is 3. The molecule has 2 aromatic heterocycles. The molecule has 0 radical (unpaired) electrons. The molecule has 1 aromatic carbocycles. The number of imidazole rings is 1. The average molecular weight is 468 g/mol. The molecular formula is C25H30FN5O3. The van der Waals surface area contributed by atoms with Crippen LogP contribution >= 0.6 is 0 Å². The molecule has 1 fully saturated rings. The second-order valence-electron chi connectivity index (χ2n) is 9.10. The molecule has 0 spiro atoms. The van der Waals surface area contributed by atoms with Crippen LogP contribution in [0.25, 0.3) is 16.9 Å². The minimum absolute atomic E-state index is 0.134. The van der Waals surface area contributed by atoms with E-state index in [0.717, 1.165) is 11.1 Å². The highest BCUT2D eigenvalue weighted by atomic mass is 19.1. The van der Waals surface area contributed by atoms with Crippen molar-refractivity contribution in [2.24, 2.45) is 0 Å². The maximum absolute atomic E-state index is 13.4. The SMILES string of the molecule is CC[C@@H](O)C(=O)N1CCN(C(=O)c2cn3nc(-c4ccc(F)cc4)cc(C(C)C)c3n2)C[C@@H]1C. The second kappa shape index (κ2) is 9.50. The van der Waals surface area contributed by atoms with Gasteiger partial charge in [-0.15, -0.1) is 0 Å². The molecule has 0 aliphatic carbocycles. The quantitative estimate of drug-likeness (QED) is 0.623. The number of hydrogen-bond donors (Lipinski definition) is 1. The number of halogens is 1. The van der Waals surface area contributed by atoms with Crippen molar-refractivity contribution in [1.82, 2.24) is 24.4 Å². The van der Waals surface area contributed by atoms with Gasteiger partial charge < -0.3 is 14.9 Å². The Labute approximate surface area is 198 Å². The second-order valence-corrected chi connectivity index (χ2v) is 9.10. The lowest BCUT2D eigenvalue weighted by atomic mass is 10.0. The fourth-order valence-electron chi connectivity index (χ4n) is 4.29. The first-order chi connectivity index (χ1) is 16.2. The van der Waals surface area contributed by atoms with Gasteiger partial charge in [-0.1, -0.05) is 20.8 Å². The Morgan fingerprint density at radius 1 is 1.21 bits per heavy atom. The summed E-state index contributed by atoms with van der Waals surface area (Å²) in [7, 11) is 0. The van der Waals surface area contributed by atoms with Gasteiger partial charge in [-0.3, -0.25) is 9.59 Å². The van der Waals surface area contributed by atoms with Crippen LogP contribution in [0.5, 0.6) is 0 Å². The fraction of sp³-hybridized carbons (Fsp3) is 0.440. The zero-order chi connectivity index (χ0) is 24.6. The summed E-state index contributed by atoms with van der Waals surface area (Å²) in [5.74, 6) is -0.702. The maximum Gasteiger partial charge on any atom is 0.274 e. The van der Waals surface area contributed by atoms with Crippen molar-refractivity contribution in [2.45, 2.75) is 52.2 Å². The molecule has 0 saturated carbocycles. The topological polar surface area (TPSA) is 91.0 Å².